The highest BCUT2D eigenvalue weighted by Gasteiger charge is 2.55. The number of hydrogen-bond acceptors (Lipinski definition) is 2. The second kappa shape index (κ2) is 2.97. The van der Waals surface area contributed by atoms with E-state index in [1.165, 1.54) is 0 Å². The van der Waals surface area contributed by atoms with Crippen molar-refractivity contribution in [3.8, 4) is 0 Å². The van der Waals surface area contributed by atoms with E-state index in [-0.39, 0.29) is 5.91 Å². The molecule has 2 heterocycles. The number of nitrogens with zero attached hydrogens (tertiary/aromatic N) is 1. The van der Waals surface area contributed by atoms with Crippen molar-refractivity contribution in [2.75, 3.05) is 4.90 Å². The van der Waals surface area contributed by atoms with Gasteiger partial charge in [0.2, 0.25) is 5.91 Å². The van der Waals surface area contributed by atoms with Crippen molar-refractivity contribution in [1.29, 1.82) is 0 Å². The third-order valence-electron chi connectivity index (χ3n) is 4.62. The molecule has 0 bridgehead atoms. The number of benzene rings is 1. The first-order valence-corrected chi connectivity index (χ1v) is 6.21. The summed E-state index contributed by atoms with van der Waals surface area (Å²) >= 11 is 0. The molecule has 1 saturated heterocycles. The quantitative estimate of drug-likeness (QED) is 0.689. The zero-order valence-corrected chi connectivity index (χ0v) is 9.43. The first-order valence-electron chi connectivity index (χ1n) is 6.21. The molecule has 3 heteroatoms. The molecule has 0 aromatic heterocycles. The molecular weight excluding hydrogens is 214 g/mol. The summed E-state index contributed by atoms with van der Waals surface area (Å²) in [6.07, 6.45) is 3.76. The lowest BCUT2D eigenvalue weighted by Crippen LogP contribution is -2.54. The fraction of sp³-hybridized carbons (Fsp3) is 0.429. The van der Waals surface area contributed by atoms with Crippen molar-refractivity contribution >= 4 is 17.9 Å². The molecule has 17 heavy (non-hydrogen) atoms. The Morgan fingerprint density at radius 3 is 3.06 bits per heavy atom. The molecule has 2 aliphatic heterocycles. The Labute approximate surface area is 99.4 Å². The third-order valence-corrected chi connectivity index (χ3v) is 4.62. The lowest BCUT2D eigenvalue weighted by Gasteiger charge is -2.47. The van der Waals surface area contributed by atoms with Crippen LogP contribution in [-0.4, -0.2) is 18.2 Å². The minimum Gasteiger partial charge on any atom is -0.308 e. The minimum atomic E-state index is 0.234. The van der Waals surface area contributed by atoms with E-state index in [1.807, 2.05) is 23.1 Å². The van der Waals surface area contributed by atoms with Crippen LogP contribution in [0.25, 0.3) is 0 Å². The minimum absolute atomic E-state index is 0.234. The maximum absolute atomic E-state index is 12.0. The van der Waals surface area contributed by atoms with Crippen LogP contribution in [0.2, 0.25) is 0 Å². The summed E-state index contributed by atoms with van der Waals surface area (Å²) in [5.41, 5.74) is 2.89. The third kappa shape index (κ3) is 0.978. The lowest BCUT2D eigenvalue weighted by molar-refractivity contribution is -0.122. The van der Waals surface area contributed by atoms with E-state index < -0.39 is 0 Å². The van der Waals surface area contributed by atoms with Gasteiger partial charge < -0.3 is 4.90 Å². The molecule has 0 unspecified atom stereocenters. The molecule has 1 amide bonds. The maximum Gasteiger partial charge on any atom is 0.227 e. The van der Waals surface area contributed by atoms with Crippen molar-refractivity contribution < 1.29 is 9.59 Å². The molecule has 2 fully saturated rings. The predicted octanol–water partition coefficient (Wildman–Crippen LogP) is 2.11. The van der Waals surface area contributed by atoms with Gasteiger partial charge in [0.25, 0.3) is 0 Å². The number of carbonyl (C=O) groups excluding carboxylic acids is 2. The molecule has 0 spiro atoms. The zero-order chi connectivity index (χ0) is 11.6. The van der Waals surface area contributed by atoms with Gasteiger partial charge in [-0.3, -0.25) is 9.59 Å². The van der Waals surface area contributed by atoms with E-state index in [2.05, 4.69) is 0 Å². The topological polar surface area (TPSA) is 37.4 Å². The monoisotopic (exact) mass is 227 g/mol. The van der Waals surface area contributed by atoms with Gasteiger partial charge in [-0.15, -0.1) is 0 Å². The molecular formula is C14H13NO2. The number of amides is 1. The predicted molar refractivity (Wildman–Crippen MR) is 63.2 cm³/mol. The molecule has 0 N–H and O–H groups in total. The van der Waals surface area contributed by atoms with Gasteiger partial charge in [0.15, 0.2) is 0 Å². The van der Waals surface area contributed by atoms with Crippen molar-refractivity contribution in [2.24, 2.45) is 5.92 Å². The molecule has 1 aliphatic carbocycles. The molecule has 4 rings (SSSR count). The molecule has 86 valence electrons. The van der Waals surface area contributed by atoms with Gasteiger partial charge in [-0.25, -0.2) is 0 Å². The molecule has 3 aliphatic rings. The highest BCUT2D eigenvalue weighted by molar-refractivity contribution is 6.00. The van der Waals surface area contributed by atoms with Crippen LogP contribution in [0.4, 0.5) is 5.69 Å². The van der Waals surface area contributed by atoms with Gasteiger partial charge in [-0.05, 0) is 30.4 Å². The van der Waals surface area contributed by atoms with Crippen LogP contribution in [0.5, 0.6) is 0 Å². The van der Waals surface area contributed by atoms with Crippen molar-refractivity contribution in [3.05, 3.63) is 29.3 Å². The molecule has 1 aromatic rings. The Morgan fingerprint density at radius 1 is 1.35 bits per heavy atom. The van der Waals surface area contributed by atoms with E-state index in [0.29, 0.717) is 24.3 Å². The van der Waals surface area contributed by atoms with E-state index in [9.17, 15) is 9.59 Å². The number of fused-ring (bicyclic) bond motifs is 3. The van der Waals surface area contributed by atoms with Crippen molar-refractivity contribution in [1.82, 2.24) is 0 Å². The Hall–Kier alpha value is -1.64. The average molecular weight is 227 g/mol. The SMILES string of the molecule is O=Cc1cccc2c1[C@@H]1C[C@@H]3CCC(=O)N2[C@@H]31. The van der Waals surface area contributed by atoms with Crippen LogP contribution < -0.4 is 4.90 Å². The summed E-state index contributed by atoms with van der Waals surface area (Å²) in [6.45, 7) is 0. The second-order valence-corrected chi connectivity index (χ2v) is 5.29. The first-order chi connectivity index (χ1) is 8.31. The molecule has 0 radical (unpaired) electrons. The number of hydrogen-bond donors (Lipinski definition) is 0. The van der Waals surface area contributed by atoms with Crippen LogP contribution in [0.15, 0.2) is 18.2 Å². The summed E-state index contributed by atoms with van der Waals surface area (Å²) in [7, 11) is 0. The van der Waals surface area contributed by atoms with Gasteiger partial charge in [0.1, 0.15) is 6.29 Å². The largest absolute Gasteiger partial charge is 0.308 e. The highest BCUT2D eigenvalue weighted by atomic mass is 16.2. The summed E-state index contributed by atoms with van der Waals surface area (Å²) < 4.78 is 0. The van der Waals surface area contributed by atoms with Crippen LogP contribution in [0.3, 0.4) is 0 Å². The lowest BCUT2D eigenvalue weighted by atomic mass is 9.65. The zero-order valence-electron chi connectivity index (χ0n) is 9.43. The number of carbonyl (C=O) groups is 2. The van der Waals surface area contributed by atoms with Crippen molar-refractivity contribution in [3.63, 3.8) is 0 Å². The Bertz CT molecular complexity index is 537. The molecule has 1 saturated carbocycles. The van der Waals surface area contributed by atoms with Crippen molar-refractivity contribution in [2.45, 2.75) is 31.2 Å². The average Bonchev–Trinajstić information content (AvgIpc) is 2.61. The molecule has 1 aromatic carbocycles. The van der Waals surface area contributed by atoms with Gasteiger partial charge in [0.05, 0.1) is 0 Å². The number of aldehydes is 1. The number of rotatable bonds is 1. The van der Waals surface area contributed by atoms with Crippen LogP contribution in [0.1, 0.15) is 41.1 Å². The van der Waals surface area contributed by atoms with Gasteiger partial charge in [-0.1, -0.05) is 12.1 Å². The van der Waals surface area contributed by atoms with Crippen LogP contribution in [0, 0.1) is 5.92 Å². The number of piperidine rings is 1. The van der Waals surface area contributed by atoms with Gasteiger partial charge >= 0.3 is 0 Å². The fourth-order valence-electron chi connectivity index (χ4n) is 3.88. The fourth-order valence-corrected chi connectivity index (χ4v) is 3.88. The molecule has 3 nitrogen and oxygen atoms in total. The summed E-state index contributed by atoms with van der Waals surface area (Å²) in [4.78, 5) is 25.1. The highest BCUT2D eigenvalue weighted by Crippen LogP contribution is 2.58. The van der Waals surface area contributed by atoms with E-state index in [1.54, 1.807) is 0 Å². The Kier molecular flexibility index (Phi) is 1.64. The van der Waals surface area contributed by atoms with E-state index in [0.717, 1.165) is 35.9 Å². The van der Waals surface area contributed by atoms with Crippen LogP contribution in [-0.2, 0) is 4.79 Å². The number of anilines is 1. The van der Waals surface area contributed by atoms with Crippen LogP contribution >= 0.6 is 0 Å². The van der Waals surface area contributed by atoms with Gasteiger partial charge in [0, 0.05) is 29.6 Å². The smallest absolute Gasteiger partial charge is 0.227 e. The summed E-state index contributed by atoms with van der Waals surface area (Å²) in [6, 6.07) is 6.08. The maximum atomic E-state index is 12.0. The Morgan fingerprint density at radius 2 is 2.24 bits per heavy atom. The van der Waals surface area contributed by atoms with E-state index in [4.69, 9.17) is 0 Å². The van der Waals surface area contributed by atoms with Gasteiger partial charge in [-0.2, -0.15) is 0 Å². The molecule has 3 atom stereocenters. The summed E-state index contributed by atoms with van der Waals surface area (Å²) in [5.74, 6) is 1.31. The normalized spacial score (nSPS) is 32.8. The van der Waals surface area contributed by atoms with E-state index >= 15 is 0 Å². The summed E-state index contributed by atoms with van der Waals surface area (Å²) in [5, 5.41) is 0. The first kappa shape index (κ1) is 9.40. The Balaban J connectivity index is 1.93. The second-order valence-electron chi connectivity index (χ2n) is 5.29. The standard InChI is InChI=1S/C14H13NO2/c16-7-9-2-1-3-11-13(9)10-6-8-4-5-12(17)15(11)14(8)10/h1-3,7-8,10,14H,4-6H2/t8-,10-,14-/m0/s1.